The Bertz CT molecular complexity index is 1130. The highest BCUT2D eigenvalue weighted by molar-refractivity contribution is 5.75. The fourth-order valence-electron chi connectivity index (χ4n) is 6.64. The lowest BCUT2D eigenvalue weighted by atomic mass is 9.57. The molecule has 3 aliphatic rings. The zero-order valence-electron chi connectivity index (χ0n) is 20.7. The Kier molecular flexibility index (Phi) is 7.08. The molecule has 1 saturated heterocycles. The van der Waals surface area contributed by atoms with E-state index in [9.17, 15) is 14.0 Å². The van der Waals surface area contributed by atoms with E-state index in [2.05, 4.69) is 16.4 Å². The predicted octanol–water partition coefficient (Wildman–Crippen LogP) is 5.63. The molecule has 1 N–H and O–H groups in total. The average molecular weight is 493 g/mol. The number of nitrogens with one attached hydrogen (secondary N) is 1. The van der Waals surface area contributed by atoms with E-state index in [1.807, 2.05) is 31.2 Å². The number of pyridine rings is 1. The summed E-state index contributed by atoms with van der Waals surface area (Å²) in [5, 5.41) is 3.00. The molecule has 2 saturated carbocycles. The lowest BCUT2D eigenvalue weighted by Crippen LogP contribution is -2.48. The number of carbonyl (C=O) groups excluding carboxylic acids is 2. The maximum atomic E-state index is 13.6. The van der Waals surface area contributed by atoms with Crippen LogP contribution in [0.15, 0.2) is 48.7 Å². The molecule has 36 heavy (non-hydrogen) atoms. The van der Waals surface area contributed by atoms with Gasteiger partial charge in [-0.25, -0.2) is 9.18 Å². The Hall–Kier alpha value is -3.22. The fraction of sp³-hybridized carbons (Fsp3) is 0.483. The molecular formula is C29H33FN2O4. The van der Waals surface area contributed by atoms with Gasteiger partial charge in [-0.3, -0.25) is 9.78 Å². The van der Waals surface area contributed by atoms with Gasteiger partial charge in [-0.2, -0.15) is 0 Å². The number of nitrogens with zero attached hydrogens (tertiary/aromatic N) is 1. The number of rotatable bonds is 5. The summed E-state index contributed by atoms with van der Waals surface area (Å²) < 4.78 is 24.3. The number of allylic oxidation sites excluding steroid dienone is 1. The Labute approximate surface area is 211 Å². The first-order chi connectivity index (χ1) is 17.4. The number of carbonyl (C=O) groups is 2. The van der Waals surface area contributed by atoms with Crippen LogP contribution in [0.25, 0.3) is 17.2 Å². The maximum absolute atomic E-state index is 13.6. The monoisotopic (exact) mass is 492 g/mol. The van der Waals surface area contributed by atoms with Crippen LogP contribution in [0, 0.1) is 35.4 Å². The molecule has 0 spiro atoms. The third-order valence-corrected chi connectivity index (χ3v) is 8.18. The Balaban J connectivity index is 1.34. The number of benzene rings is 1. The van der Waals surface area contributed by atoms with Crippen LogP contribution in [0.3, 0.4) is 0 Å². The van der Waals surface area contributed by atoms with Crippen molar-refractivity contribution in [2.24, 2.45) is 29.6 Å². The van der Waals surface area contributed by atoms with Crippen LogP contribution in [0.5, 0.6) is 0 Å². The van der Waals surface area contributed by atoms with E-state index in [1.165, 1.54) is 12.1 Å². The number of fused-ring (bicyclic) bond motifs is 2. The number of cyclic esters (lactones) is 1. The maximum Gasteiger partial charge on any atom is 0.407 e. The molecule has 2 aromatic rings. The van der Waals surface area contributed by atoms with Crippen LogP contribution in [0.1, 0.15) is 45.2 Å². The number of aromatic nitrogens is 1. The van der Waals surface area contributed by atoms with Gasteiger partial charge >= 0.3 is 12.1 Å². The lowest BCUT2D eigenvalue weighted by Gasteiger charge is -2.47. The SMILES string of the molecule is CCOC(=O)N[C@@H]1CC[C@@H]2[C@H](C1)C[C@H]1C(=O)O[C@@H](C)[C@H]1[C@@H]2/C=C/c1ccc(-c2cccc(F)c2)cn1. The van der Waals surface area contributed by atoms with Crippen LogP contribution < -0.4 is 5.32 Å². The zero-order valence-corrected chi connectivity index (χ0v) is 20.7. The van der Waals surface area contributed by atoms with Crippen molar-refractivity contribution in [2.45, 2.75) is 51.7 Å². The van der Waals surface area contributed by atoms with Gasteiger partial charge in [-0.05, 0) is 87.1 Å². The molecule has 1 aromatic carbocycles. The minimum absolute atomic E-state index is 0.0679. The smallest absolute Gasteiger partial charge is 0.407 e. The van der Waals surface area contributed by atoms with Crippen molar-refractivity contribution in [1.29, 1.82) is 0 Å². The highest BCUT2D eigenvalue weighted by Gasteiger charge is 2.54. The number of hydrogen-bond acceptors (Lipinski definition) is 5. The van der Waals surface area contributed by atoms with Crippen molar-refractivity contribution >= 4 is 18.1 Å². The van der Waals surface area contributed by atoms with E-state index in [4.69, 9.17) is 9.47 Å². The third kappa shape index (κ3) is 5.01. The molecule has 1 amide bonds. The highest BCUT2D eigenvalue weighted by atomic mass is 19.1. The second kappa shape index (κ2) is 10.4. The first-order valence-electron chi connectivity index (χ1n) is 13.0. The van der Waals surface area contributed by atoms with Crippen LogP contribution >= 0.6 is 0 Å². The third-order valence-electron chi connectivity index (χ3n) is 8.18. The van der Waals surface area contributed by atoms with E-state index >= 15 is 0 Å². The summed E-state index contributed by atoms with van der Waals surface area (Å²) in [5.41, 5.74) is 2.48. The van der Waals surface area contributed by atoms with Crippen LogP contribution in [0.4, 0.5) is 9.18 Å². The summed E-state index contributed by atoms with van der Waals surface area (Å²) in [6, 6.07) is 10.4. The van der Waals surface area contributed by atoms with E-state index in [-0.39, 0.29) is 47.8 Å². The molecule has 1 aromatic heterocycles. The van der Waals surface area contributed by atoms with E-state index < -0.39 is 0 Å². The van der Waals surface area contributed by atoms with Crippen LogP contribution in [0.2, 0.25) is 0 Å². The van der Waals surface area contributed by atoms with Crippen LogP contribution in [-0.4, -0.2) is 35.8 Å². The molecule has 3 fully saturated rings. The van der Waals surface area contributed by atoms with E-state index in [1.54, 1.807) is 19.2 Å². The number of amides is 1. The molecular weight excluding hydrogens is 459 g/mol. The topological polar surface area (TPSA) is 77.5 Å². The van der Waals surface area contributed by atoms with Crippen molar-refractivity contribution in [3.05, 3.63) is 60.2 Å². The van der Waals surface area contributed by atoms with Gasteiger partial charge in [0, 0.05) is 23.7 Å². The Morgan fingerprint density at radius 2 is 2.08 bits per heavy atom. The molecule has 1 aliphatic heterocycles. The summed E-state index contributed by atoms with van der Waals surface area (Å²) >= 11 is 0. The van der Waals surface area contributed by atoms with Gasteiger partial charge in [0.2, 0.25) is 0 Å². The summed E-state index contributed by atoms with van der Waals surface area (Å²) in [5.74, 6) is 0.629. The number of ether oxygens (including phenoxy) is 2. The molecule has 0 bridgehead atoms. The van der Waals surface area contributed by atoms with Gasteiger partial charge < -0.3 is 14.8 Å². The molecule has 2 aliphatic carbocycles. The van der Waals surface area contributed by atoms with Crippen molar-refractivity contribution in [2.75, 3.05) is 6.61 Å². The van der Waals surface area contributed by atoms with Gasteiger partial charge in [0.05, 0.1) is 18.2 Å². The summed E-state index contributed by atoms with van der Waals surface area (Å²) in [4.78, 5) is 29.2. The van der Waals surface area contributed by atoms with E-state index in [0.717, 1.165) is 42.5 Å². The second-order valence-electron chi connectivity index (χ2n) is 10.3. The largest absolute Gasteiger partial charge is 0.462 e. The zero-order chi connectivity index (χ0) is 25.2. The first-order valence-corrected chi connectivity index (χ1v) is 13.0. The molecule has 2 heterocycles. The highest BCUT2D eigenvalue weighted by Crippen LogP contribution is 2.53. The van der Waals surface area contributed by atoms with Crippen molar-refractivity contribution in [1.82, 2.24) is 10.3 Å². The number of esters is 1. The molecule has 0 unspecified atom stereocenters. The minimum Gasteiger partial charge on any atom is -0.462 e. The fourth-order valence-corrected chi connectivity index (χ4v) is 6.64. The normalized spacial score (nSPS) is 31.4. The Morgan fingerprint density at radius 3 is 2.83 bits per heavy atom. The van der Waals surface area contributed by atoms with Crippen molar-refractivity contribution < 1.29 is 23.5 Å². The second-order valence-corrected chi connectivity index (χ2v) is 10.3. The van der Waals surface area contributed by atoms with Crippen LogP contribution in [-0.2, 0) is 14.3 Å². The number of alkyl carbamates (subject to hydrolysis) is 1. The van der Waals surface area contributed by atoms with Gasteiger partial charge in [-0.1, -0.05) is 24.3 Å². The number of halogens is 1. The first kappa shape index (κ1) is 24.5. The molecule has 0 radical (unpaired) electrons. The molecule has 6 nitrogen and oxygen atoms in total. The molecule has 7 heteroatoms. The number of hydrogen-bond donors (Lipinski definition) is 1. The van der Waals surface area contributed by atoms with Gasteiger partial charge in [0.25, 0.3) is 0 Å². The standard InChI is InChI=1S/C29H33FN2O4/c1-3-35-29(34)32-23-10-11-24-20(14-23)15-26-27(17(2)36-28(26)33)25(24)12-9-22-8-7-19(16-31-22)18-5-4-6-21(30)13-18/h4-9,12-13,16-17,20,23-27H,3,10-11,14-15H2,1-2H3,(H,32,34)/b12-9+/t17-,20+,23+,24+,25+,26+,27-/m0/s1. The minimum atomic E-state index is -0.368. The lowest BCUT2D eigenvalue weighted by molar-refractivity contribution is -0.144. The quantitative estimate of drug-likeness (QED) is 0.548. The average Bonchev–Trinajstić information content (AvgIpc) is 3.15. The van der Waals surface area contributed by atoms with Gasteiger partial charge in [0.15, 0.2) is 0 Å². The summed E-state index contributed by atoms with van der Waals surface area (Å²) in [6.07, 6.45) is 9.07. The van der Waals surface area contributed by atoms with Gasteiger partial charge in [0.1, 0.15) is 11.9 Å². The van der Waals surface area contributed by atoms with Gasteiger partial charge in [-0.15, -0.1) is 0 Å². The van der Waals surface area contributed by atoms with Crippen molar-refractivity contribution in [3.8, 4) is 11.1 Å². The van der Waals surface area contributed by atoms with E-state index in [0.29, 0.717) is 18.4 Å². The summed E-state index contributed by atoms with van der Waals surface area (Å²) in [7, 11) is 0. The molecule has 190 valence electrons. The molecule has 7 atom stereocenters. The van der Waals surface area contributed by atoms with Crippen molar-refractivity contribution in [3.63, 3.8) is 0 Å². The molecule has 5 rings (SSSR count). The summed E-state index contributed by atoms with van der Waals surface area (Å²) in [6.45, 7) is 4.15. The predicted molar refractivity (Wildman–Crippen MR) is 134 cm³/mol. The Morgan fingerprint density at radius 1 is 1.22 bits per heavy atom.